The molecule has 0 fully saturated rings. The number of carbonyl (C=O) groups is 1. The summed E-state index contributed by atoms with van der Waals surface area (Å²) in [6.45, 7) is 2.02. The van der Waals surface area contributed by atoms with Crippen LogP contribution in [0.3, 0.4) is 0 Å². The molecule has 0 aliphatic heterocycles. The minimum atomic E-state index is 0.352. The molecule has 3 aromatic rings. The summed E-state index contributed by atoms with van der Waals surface area (Å²) < 4.78 is 5.40. The van der Waals surface area contributed by atoms with Gasteiger partial charge in [-0.15, -0.1) is 0 Å². The third-order valence-electron chi connectivity index (χ3n) is 2.78. The van der Waals surface area contributed by atoms with Crippen LogP contribution >= 0.6 is 0 Å². The van der Waals surface area contributed by atoms with Crippen molar-refractivity contribution < 1.29 is 9.21 Å². The highest BCUT2D eigenvalue weighted by atomic mass is 16.3. The fourth-order valence-electron chi connectivity index (χ4n) is 2.00. The van der Waals surface area contributed by atoms with Gasteiger partial charge in [0.25, 0.3) is 0 Å². The number of aromatic nitrogens is 1. The van der Waals surface area contributed by atoms with Crippen LogP contribution in [-0.2, 0) is 0 Å². The van der Waals surface area contributed by atoms with Crippen LogP contribution in [0.1, 0.15) is 16.2 Å². The predicted octanol–water partition coefficient (Wildman–Crippen LogP) is 3.55. The Labute approximate surface area is 98.1 Å². The molecule has 0 aliphatic carbocycles. The van der Waals surface area contributed by atoms with E-state index < -0.39 is 0 Å². The quantitative estimate of drug-likeness (QED) is 0.678. The van der Waals surface area contributed by atoms with E-state index in [0.29, 0.717) is 17.8 Å². The fraction of sp³-hybridized carbons (Fsp3) is 0.0714. The Morgan fingerprint density at radius 3 is 2.82 bits per heavy atom. The summed E-state index contributed by atoms with van der Waals surface area (Å²) in [4.78, 5) is 13.8. The maximum atomic E-state index is 10.6. The van der Waals surface area contributed by atoms with Crippen LogP contribution in [0.2, 0.25) is 0 Å². The first-order valence-electron chi connectivity index (χ1n) is 5.41. The maximum absolute atomic E-state index is 10.6. The zero-order chi connectivity index (χ0) is 11.8. The number of aldehydes is 1. The lowest BCUT2D eigenvalue weighted by atomic mass is 10.1. The van der Waals surface area contributed by atoms with Gasteiger partial charge in [-0.3, -0.25) is 4.79 Å². The van der Waals surface area contributed by atoms with Crippen molar-refractivity contribution in [2.75, 3.05) is 0 Å². The Balaban J connectivity index is 2.13. The Hall–Kier alpha value is -2.29. The second-order valence-corrected chi connectivity index (χ2v) is 4.07. The van der Waals surface area contributed by atoms with Crippen LogP contribution in [-0.4, -0.2) is 11.3 Å². The van der Waals surface area contributed by atoms with Crippen LogP contribution in [0.15, 0.2) is 40.8 Å². The van der Waals surface area contributed by atoms with E-state index in [4.69, 9.17) is 4.42 Å². The van der Waals surface area contributed by atoms with Gasteiger partial charge in [0.15, 0.2) is 12.0 Å². The lowest BCUT2D eigenvalue weighted by Gasteiger charge is -1.96. The lowest BCUT2D eigenvalue weighted by Crippen LogP contribution is -1.74. The molecule has 0 amide bonds. The van der Waals surface area contributed by atoms with Gasteiger partial charge in [0.1, 0.15) is 5.76 Å². The maximum Gasteiger partial charge on any atom is 0.185 e. The van der Waals surface area contributed by atoms with Crippen molar-refractivity contribution >= 4 is 17.2 Å². The standard InChI is InChI=1S/C14H11NO2/c1-9-6-11-7-10(2-4-13(11)15-9)14-5-3-12(8-16)17-14/h2-8,15H,1H3. The number of nitrogens with one attached hydrogen (secondary N) is 1. The highest BCUT2D eigenvalue weighted by Gasteiger charge is 2.05. The SMILES string of the molecule is Cc1cc2cc(-c3ccc(C=O)o3)ccc2[nH]1. The van der Waals surface area contributed by atoms with Crippen molar-refractivity contribution in [2.45, 2.75) is 6.92 Å². The molecule has 3 heteroatoms. The summed E-state index contributed by atoms with van der Waals surface area (Å²) in [6.07, 6.45) is 0.711. The van der Waals surface area contributed by atoms with Gasteiger partial charge in [0.05, 0.1) is 0 Å². The summed E-state index contributed by atoms with van der Waals surface area (Å²) in [5.74, 6) is 1.07. The van der Waals surface area contributed by atoms with E-state index >= 15 is 0 Å². The largest absolute Gasteiger partial charge is 0.453 e. The average Bonchev–Trinajstić information content (AvgIpc) is 2.92. The molecule has 3 rings (SSSR count). The summed E-state index contributed by atoms with van der Waals surface area (Å²) in [7, 11) is 0. The molecule has 0 aliphatic rings. The molecule has 2 aromatic heterocycles. The van der Waals surface area contributed by atoms with E-state index in [2.05, 4.69) is 11.1 Å². The number of H-pyrrole nitrogens is 1. The molecule has 0 spiro atoms. The molecule has 17 heavy (non-hydrogen) atoms. The normalized spacial score (nSPS) is 10.9. The molecule has 3 nitrogen and oxygen atoms in total. The monoisotopic (exact) mass is 225 g/mol. The zero-order valence-electron chi connectivity index (χ0n) is 9.36. The molecule has 0 saturated carbocycles. The molecular weight excluding hydrogens is 214 g/mol. The summed E-state index contributed by atoms with van der Waals surface area (Å²) in [6, 6.07) is 11.6. The molecule has 0 saturated heterocycles. The fourth-order valence-corrected chi connectivity index (χ4v) is 2.00. The number of aryl methyl sites for hydroxylation is 1. The van der Waals surface area contributed by atoms with E-state index in [1.807, 2.05) is 31.2 Å². The van der Waals surface area contributed by atoms with Gasteiger partial charge in [0, 0.05) is 22.2 Å². The summed E-state index contributed by atoms with van der Waals surface area (Å²) >= 11 is 0. The van der Waals surface area contributed by atoms with Crippen molar-refractivity contribution in [3.8, 4) is 11.3 Å². The van der Waals surface area contributed by atoms with Crippen molar-refractivity contribution in [2.24, 2.45) is 0 Å². The van der Waals surface area contributed by atoms with E-state index in [9.17, 15) is 4.79 Å². The van der Waals surface area contributed by atoms with E-state index in [1.165, 1.54) is 0 Å². The molecule has 1 aromatic carbocycles. The minimum absolute atomic E-state index is 0.352. The Morgan fingerprint density at radius 1 is 1.18 bits per heavy atom. The van der Waals surface area contributed by atoms with Crippen molar-refractivity contribution in [3.05, 3.63) is 47.9 Å². The number of benzene rings is 1. The summed E-state index contributed by atoms with van der Waals surface area (Å²) in [5, 5.41) is 1.14. The lowest BCUT2D eigenvalue weighted by molar-refractivity contribution is 0.110. The summed E-state index contributed by atoms with van der Waals surface area (Å²) in [5.41, 5.74) is 3.21. The third kappa shape index (κ3) is 1.65. The van der Waals surface area contributed by atoms with Crippen LogP contribution in [0.5, 0.6) is 0 Å². The van der Waals surface area contributed by atoms with Crippen molar-refractivity contribution in [3.63, 3.8) is 0 Å². The number of hydrogen-bond donors (Lipinski definition) is 1. The predicted molar refractivity (Wildman–Crippen MR) is 66.1 cm³/mol. The van der Waals surface area contributed by atoms with Gasteiger partial charge in [0.2, 0.25) is 0 Å². The smallest absolute Gasteiger partial charge is 0.185 e. The molecule has 1 N–H and O–H groups in total. The van der Waals surface area contributed by atoms with Crippen LogP contribution in [0.4, 0.5) is 0 Å². The zero-order valence-corrected chi connectivity index (χ0v) is 9.36. The van der Waals surface area contributed by atoms with Gasteiger partial charge in [-0.25, -0.2) is 0 Å². The Kier molecular flexibility index (Phi) is 2.11. The minimum Gasteiger partial charge on any atom is -0.453 e. The van der Waals surface area contributed by atoms with Gasteiger partial charge < -0.3 is 9.40 Å². The van der Waals surface area contributed by atoms with E-state index in [0.717, 1.165) is 22.2 Å². The third-order valence-corrected chi connectivity index (χ3v) is 2.78. The van der Waals surface area contributed by atoms with E-state index in [-0.39, 0.29) is 0 Å². The first-order chi connectivity index (χ1) is 8.26. The number of aromatic amines is 1. The average molecular weight is 225 g/mol. The number of furan rings is 1. The van der Waals surface area contributed by atoms with Crippen LogP contribution in [0.25, 0.3) is 22.2 Å². The highest BCUT2D eigenvalue weighted by molar-refractivity contribution is 5.85. The molecule has 84 valence electrons. The Morgan fingerprint density at radius 2 is 2.06 bits per heavy atom. The van der Waals surface area contributed by atoms with Crippen LogP contribution < -0.4 is 0 Å². The highest BCUT2D eigenvalue weighted by Crippen LogP contribution is 2.26. The number of fused-ring (bicyclic) bond motifs is 1. The molecule has 0 radical (unpaired) electrons. The van der Waals surface area contributed by atoms with Gasteiger partial charge >= 0.3 is 0 Å². The Bertz CT molecular complexity index is 691. The first kappa shape index (κ1) is 9.90. The second-order valence-electron chi connectivity index (χ2n) is 4.07. The first-order valence-corrected chi connectivity index (χ1v) is 5.41. The number of rotatable bonds is 2. The molecule has 0 bridgehead atoms. The topological polar surface area (TPSA) is 46.0 Å². The molecular formula is C14H11NO2. The second kappa shape index (κ2) is 3.63. The van der Waals surface area contributed by atoms with Crippen molar-refractivity contribution in [1.29, 1.82) is 0 Å². The molecule has 0 atom stereocenters. The molecule has 2 heterocycles. The van der Waals surface area contributed by atoms with Gasteiger partial charge in [-0.1, -0.05) is 0 Å². The van der Waals surface area contributed by atoms with Gasteiger partial charge in [-0.2, -0.15) is 0 Å². The van der Waals surface area contributed by atoms with Crippen LogP contribution in [0, 0.1) is 6.92 Å². The number of hydrogen-bond acceptors (Lipinski definition) is 2. The molecule has 0 unspecified atom stereocenters. The van der Waals surface area contributed by atoms with Crippen molar-refractivity contribution in [1.82, 2.24) is 4.98 Å². The van der Waals surface area contributed by atoms with E-state index in [1.54, 1.807) is 6.07 Å². The number of carbonyl (C=O) groups excluding carboxylic acids is 1. The van der Waals surface area contributed by atoms with Gasteiger partial charge in [-0.05, 0) is 43.3 Å².